The van der Waals surface area contributed by atoms with Gasteiger partial charge in [-0.2, -0.15) is 5.26 Å². The Bertz CT molecular complexity index is 412. The maximum atomic E-state index is 8.80. The van der Waals surface area contributed by atoms with E-state index in [0.717, 1.165) is 0 Å². The zero-order valence-corrected chi connectivity index (χ0v) is 9.48. The Labute approximate surface area is 94.3 Å². The number of methoxy groups -OCH3 is 3. The van der Waals surface area contributed by atoms with Crippen LogP contribution in [0.3, 0.4) is 0 Å². The average Bonchev–Trinajstić information content (AvgIpc) is 2.35. The minimum absolute atomic E-state index is 0.427. The van der Waals surface area contributed by atoms with E-state index in [4.69, 9.17) is 25.2 Å². The van der Waals surface area contributed by atoms with Gasteiger partial charge in [0, 0.05) is 5.56 Å². The number of nitriles is 1. The van der Waals surface area contributed by atoms with Crippen molar-refractivity contribution >= 4 is 0 Å². The molecule has 1 aromatic carbocycles. The summed E-state index contributed by atoms with van der Waals surface area (Å²) in [5.74, 6) is 1.40. The summed E-state index contributed by atoms with van der Waals surface area (Å²) in [6.45, 7) is 0. The zero-order valence-electron chi connectivity index (χ0n) is 9.48. The SMILES string of the molecule is COc1ccc(C(N)C#N)c(OC)c1OC. The van der Waals surface area contributed by atoms with Crippen LogP contribution in [0.5, 0.6) is 17.2 Å². The van der Waals surface area contributed by atoms with Crippen molar-refractivity contribution < 1.29 is 14.2 Å². The lowest BCUT2D eigenvalue weighted by Crippen LogP contribution is -2.10. The van der Waals surface area contributed by atoms with E-state index in [1.54, 1.807) is 12.1 Å². The van der Waals surface area contributed by atoms with E-state index >= 15 is 0 Å². The van der Waals surface area contributed by atoms with E-state index in [9.17, 15) is 0 Å². The Balaban J connectivity index is 3.38. The maximum Gasteiger partial charge on any atom is 0.203 e. The molecule has 0 amide bonds. The van der Waals surface area contributed by atoms with Gasteiger partial charge in [0.15, 0.2) is 11.5 Å². The summed E-state index contributed by atoms with van der Waals surface area (Å²) in [5.41, 5.74) is 6.22. The first kappa shape index (κ1) is 12.1. The smallest absolute Gasteiger partial charge is 0.203 e. The molecule has 0 aliphatic rings. The standard InChI is InChI=1S/C11H14N2O3/c1-14-9-5-4-7(8(13)6-12)10(15-2)11(9)16-3/h4-5,8H,13H2,1-3H3. The van der Waals surface area contributed by atoms with Crippen molar-refractivity contribution in [2.24, 2.45) is 5.73 Å². The topological polar surface area (TPSA) is 77.5 Å². The molecule has 86 valence electrons. The summed E-state index contributed by atoms with van der Waals surface area (Å²) in [6.07, 6.45) is 0. The minimum atomic E-state index is -0.755. The molecule has 1 aromatic rings. The van der Waals surface area contributed by atoms with E-state index in [0.29, 0.717) is 22.8 Å². The van der Waals surface area contributed by atoms with Crippen LogP contribution in [0, 0.1) is 11.3 Å². The third kappa shape index (κ3) is 2.02. The molecule has 0 spiro atoms. The van der Waals surface area contributed by atoms with Gasteiger partial charge in [0.05, 0.1) is 27.4 Å². The summed E-state index contributed by atoms with van der Waals surface area (Å²) in [7, 11) is 4.52. The molecule has 0 fully saturated rings. The molecule has 0 bridgehead atoms. The molecular weight excluding hydrogens is 208 g/mol. The molecular formula is C11H14N2O3. The van der Waals surface area contributed by atoms with E-state index in [1.165, 1.54) is 21.3 Å². The first-order valence-corrected chi connectivity index (χ1v) is 4.63. The molecule has 0 saturated carbocycles. The van der Waals surface area contributed by atoms with Gasteiger partial charge in [-0.1, -0.05) is 0 Å². The Kier molecular flexibility index (Phi) is 3.97. The van der Waals surface area contributed by atoms with Crippen molar-refractivity contribution in [3.05, 3.63) is 17.7 Å². The van der Waals surface area contributed by atoms with E-state index in [1.807, 2.05) is 6.07 Å². The molecule has 0 heterocycles. The van der Waals surface area contributed by atoms with E-state index < -0.39 is 6.04 Å². The van der Waals surface area contributed by atoms with Gasteiger partial charge < -0.3 is 19.9 Å². The molecule has 0 aliphatic carbocycles. The number of rotatable bonds is 4. The number of ether oxygens (including phenoxy) is 3. The second kappa shape index (κ2) is 5.24. The molecule has 0 radical (unpaired) electrons. The van der Waals surface area contributed by atoms with Crippen molar-refractivity contribution in [1.82, 2.24) is 0 Å². The lowest BCUT2D eigenvalue weighted by Gasteiger charge is -2.16. The fraction of sp³-hybridized carbons (Fsp3) is 0.364. The molecule has 1 rings (SSSR count). The summed E-state index contributed by atoms with van der Waals surface area (Å²) < 4.78 is 15.5. The van der Waals surface area contributed by atoms with Crippen LogP contribution in [-0.2, 0) is 0 Å². The minimum Gasteiger partial charge on any atom is -0.493 e. The lowest BCUT2D eigenvalue weighted by molar-refractivity contribution is 0.321. The van der Waals surface area contributed by atoms with Crippen LogP contribution in [0.2, 0.25) is 0 Å². The molecule has 5 nitrogen and oxygen atoms in total. The first-order chi connectivity index (χ1) is 7.69. The van der Waals surface area contributed by atoms with Gasteiger partial charge in [-0.25, -0.2) is 0 Å². The van der Waals surface area contributed by atoms with Crippen molar-refractivity contribution in [3.63, 3.8) is 0 Å². The van der Waals surface area contributed by atoms with Crippen LogP contribution in [0.1, 0.15) is 11.6 Å². The number of nitrogens with zero attached hydrogens (tertiary/aromatic N) is 1. The fourth-order valence-corrected chi connectivity index (χ4v) is 1.44. The molecule has 0 aliphatic heterocycles. The second-order valence-electron chi connectivity index (χ2n) is 3.03. The van der Waals surface area contributed by atoms with Crippen LogP contribution in [-0.4, -0.2) is 21.3 Å². The third-order valence-electron chi connectivity index (χ3n) is 2.21. The summed E-state index contributed by atoms with van der Waals surface area (Å²) in [4.78, 5) is 0. The molecule has 1 unspecified atom stereocenters. The van der Waals surface area contributed by atoms with E-state index in [-0.39, 0.29) is 0 Å². The molecule has 16 heavy (non-hydrogen) atoms. The van der Waals surface area contributed by atoms with Gasteiger partial charge in [0.1, 0.15) is 6.04 Å². The average molecular weight is 222 g/mol. The summed E-state index contributed by atoms with van der Waals surface area (Å²) in [6, 6.07) is 4.57. The summed E-state index contributed by atoms with van der Waals surface area (Å²) in [5, 5.41) is 8.80. The highest BCUT2D eigenvalue weighted by molar-refractivity contribution is 5.57. The predicted molar refractivity (Wildman–Crippen MR) is 58.6 cm³/mol. The van der Waals surface area contributed by atoms with Gasteiger partial charge >= 0.3 is 0 Å². The Hall–Kier alpha value is -1.93. The van der Waals surface area contributed by atoms with Crippen LogP contribution < -0.4 is 19.9 Å². The molecule has 0 aromatic heterocycles. The molecule has 0 saturated heterocycles. The van der Waals surface area contributed by atoms with Crippen LogP contribution in [0.25, 0.3) is 0 Å². The Morgan fingerprint density at radius 3 is 2.19 bits per heavy atom. The predicted octanol–water partition coefficient (Wildman–Crippen LogP) is 1.24. The van der Waals surface area contributed by atoms with Gasteiger partial charge in [0.2, 0.25) is 5.75 Å². The highest BCUT2D eigenvalue weighted by atomic mass is 16.5. The van der Waals surface area contributed by atoms with Crippen LogP contribution in [0.4, 0.5) is 0 Å². The Morgan fingerprint density at radius 1 is 1.12 bits per heavy atom. The van der Waals surface area contributed by atoms with Crippen molar-refractivity contribution in [3.8, 4) is 23.3 Å². The van der Waals surface area contributed by atoms with Crippen LogP contribution in [0.15, 0.2) is 12.1 Å². The quantitative estimate of drug-likeness (QED) is 0.829. The van der Waals surface area contributed by atoms with Gasteiger partial charge in [-0.05, 0) is 12.1 Å². The van der Waals surface area contributed by atoms with Crippen molar-refractivity contribution in [1.29, 1.82) is 5.26 Å². The van der Waals surface area contributed by atoms with E-state index in [2.05, 4.69) is 0 Å². The van der Waals surface area contributed by atoms with Gasteiger partial charge in [0.25, 0.3) is 0 Å². The lowest BCUT2D eigenvalue weighted by atomic mass is 10.1. The van der Waals surface area contributed by atoms with Crippen molar-refractivity contribution in [2.45, 2.75) is 6.04 Å². The molecule has 1 atom stereocenters. The zero-order chi connectivity index (χ0) is 12.1. The highest BCUT2D eigenvalue weighted by Crippen LogP contribution is 2.41. The van der Waals surface area contributed by atoms with Crippen molar-refractivity contribution in [2.75, 3.05) is 21.3 Å². The Morgan fingerprint density at radius 2 is 1.75 bits per heavy atom. The highest BCUT2D eigenvalue weighted by Gasteiger charge is 2.19. The number of hydrogen-bond donors (Lipinski definition) is 1. The fourth-order valence-electron chi connectivity index (χ4n) is 1.44. The maximum absolute atomic E-state index is 8.80. The second-order valence-corrected chi connectivity index (χ2v) is 3.03. The molecule has 5 heteroatoms. The number of hydrogen-bond acceptors (Lipinski definition) is 5. The van der Waals surface area contributed by atoms with Crippen LogP contribution >= 0.6 is 0 Å². The monoisotopic (exact) mass is 222 g/mol. The third-order valence-corrected chi connectivity index (χ3v) is 2.21. The van der Waals surface area contributed by atoms with Gasteiger partial charge in [-0.3, -0.25) is 0 Å². The summed E-state index contributed by atoms with van der Waals surface area (Å²) >= 11 is 0. The largest absolute Gasteiger partial charge is 0.493 e. The van der Waals surface area contributed by atoms with Gasteiger partial charge in [-0.15, -0.1) is 0 Å². The first-order valence-electron chi connectivity index (χ1n) is 4.63. The number of nitrogens with two attached hydrogens (primary N) is 1. The number of benzene rings is 1. The normalized spacial score (nSPS) is 11.4. The molecule has 2 N–H and O–H groups in total.